The Hall–Kier alpha value is -4.65. The Morgan fingerprint density at radius 3 is 2.54 bits per heavy atom. The summed E-state index contributed by atoms with van der Waals surface area (Å²) < 4.78 is 7.23. The molecule has 4 rings (SSSR count). The number of amides is 2. The molecule has 0 aliphatic carbocycles. The molecule has 0 saturated heterocycles. The molecule has 3 aromatic heterocycles. The van der Waals surface area contributed by atoms with E-state index in [1.54, 1.807) is 16.6 Å². The second-order valence-corrected chi connectivity index (χ2v) is 8.31. The predicted octanol–water partition coefficient (Wildman–Crippen LogP) is 3.44. The molecule has 0 aliphatic rings. The van der Waals surface area contributed by atoms with Crippen molar-refractivity contribution in [1.82, 2.24) is 14.6 Å². The lowest BCUT2D eigenvalue weighted by Crippen LogP contribution is -2.27. The largest absolute Gasteiger partial charge is 0.448 e. The van der Waals surface area contributed by atoms with Gasteiger partial charge in [-0.25, -0.2) is 9.50 Å². The first kappa shape index (κ1) is 23.5. The van der Waals surface area contributed by atoms with Gasteiger partial charge in [-0.15, -0.1) is 0 Å². The number of fused-ring (bicyclic) bond motifs is 1. The van der Waals surface area contributed by atoms with Crippen molar-refractivity contribution in [1.29, 1.82) is 5.26 Å². The molecule has 2 atom stereocenters. The van der Waals surface area contributed by atoms with E-state index in [1.807, 2.05) is 38.2 Å². The maximum Gasteiger partial charge on any atom is 0.270 e. The van der Waals surface area contributed by atoms with Gasteiger partial charge in [-0.1, -0.05) is 25.5 Å². The molecule has 178 valence electrons. The first-order chi connectivity index (χ1) is 16.8. The molecule has 2 amide bonds. The van der Waals surface area contributed by atoms with Gasteiger partial charge in [0.1, 0.15) is 6.26 Å². The van der Waals surface area contributed by atoms with Crippen LogP contribution in [0.2, 0.25) is 0 Å². The zero-order valence-electron chi connectivity index (χ0n) is 19.4. The Morgan fingerprint density at radius 2 is 1.94 bits per heavy atom. The minimum atomic E-state index is -0.661. The van der Waals surface area contributed by atoms with E-state index < -0.39 is 11.8 Å². The molecule has 10 heteroatoms. The number of rotatable bonds is 9. The molecule has 0 aliphatic heterocycles. The molecule has 3 heterocycles. The Kier molecular flexibility index (Phi) is 6.51. The number of nitrogens with zero attached hydrogens (tertiary/aromatic N) is 4. The van der Waals surface area contributed by atoms with Gasteiger partial charge in [-0.3, -0.25) is 9.59 Å². The summed E-state index contributed by atoms with van der Waals surface area (Å²) in [6.45, 7) is 3.98. The summed E-state index contributed by atoms with van der Waals surface area (Å²) in [4.78, 5) is 28.0. The second-order valence-electron chi connectivity index (χ2n) is 8.31. The smallest absolute Gasteiger partial charge is 0.270 e. The highest BCUT2D eigenvalue weighted by molar-refractivity contribution is 6.02. The van der Waals surface area contributed by atoms with Crippen LogP contribution >= 0.6 is 0 Å². The normalized spacial score (nSPS) is 12.7. The number of carbonyl (C=O) groups is 2. The van der Waals surface area contributed by atoms with E-state index in [4.69, 9.17) is 21.1 Å². The molecule has 4 aromatic rings. The first-order valence-electron chi connectivity index (χ1n) is 11.2. The van der Waals surface area contributed by atoms with Crippen LogP contribution in [-0.4, -0.2) is 32.5 Å². The highest BCUT2D eigenvalue weighted by Crippen LogP contribution is 2.32. The van der Waals surface area contributed by atoms with Crippen LogP contribution in [0, 0.1) is 11.3 Å². The van der Waals surface area contributed by atoms with Crippen molar-refractivity contribution in [2.75, 3.05) is 5.32 Å². The van der Waals surface area contributed by atoms with Gasteiger partial charge in [0.25, 0.3) is 11.8 Å². The number of anilines is 1. The lowest BCUT2D eigenvalue weighted by molar-refractivity contribution is 0.0989. The van der Waals surface area contributed by atoms with Gasteiger partial charge in [0.05, 0.1) is 40.5 Å². The average molecular weight is 472 g/mol. The fraction of sp³-hybridized carbons (Fsp3) is 0.240. The van der Waals surface area contributed by atoms with E-state index in [2.05, 4.69) is 21.5 Å². The zero-order valence-corrected chi connectivity index (χ0v) is 19.4. The highest BCUT2D eigenvalue weighted by Gasteiger charge is 2.27. The molecule has 0 radical (unpaired) electrons. The van der Waals surface area contributed by atoms with Gasteiger partial charge in [-0.05, 0) is 37.1 Å². The number of nitrogens with one attached hydrogen (secondary N) is 1. The van der Waals surface area contributed by atoms with Crippen molar-refractivity contribution in [3.05, 3.63) is 71.7 Å². The lowest BCUT2D eigenvalue weighted by atomic mass is 9.95. The summed E-state index contributed by atoms with van der Waals surface area (Å²) in [6, 6.07) is 11.0. The summed E-state index contributed by atoms with van der Waals surface area (Å²) in [5.41, 5.74) is 14.8. The number of oxazole rings is 1. The van der Waals surface area contributed by atoms with E-state index >= 15 is 0 Å². The van der Waals surface area contributed by atoms with E-state index in [9.17, 15) is 9.59 Å². The summed E-state index contributed by atoms with van der Waals surface area (Å²) in [6.07, 6.45) is 6.08. The maximum absolute atomic E-state index is 12.3. The number of hydrogen-bond donors (Lipinski definition) is 3. The minimum absolute atomic E-state index is 0.0658. The Bertz CT molecular complexity index is 1430. The topological polar surface area (TPSA) is 165 Å². The van der Waals surface area contributed by atoms with Gasteiger partial charge in [0, 0.05) is 17.8 Å². The van der Waals surface area contributed by atoms with Gasteiger partial charge >= 0.3 is 0 Å². The number of primary amides is 2. The van der Waals surface area contributed by atoms with Crippen LogP contribution in [0.1, 0.15) is 64.9 Å². The molecule has 1 aromatic carbocycles. The first-order valence-corrected chi connectivity index (χ1v) is 11.2. The quantitative estimate of drug-likeness (QED) is 0.336. The molecule has 5 N–H and O–H groups in total. The molecular formula is C25H25N7O3. The lowest BCUT2D eigenvalue weighted by Gasteiger charge is -2.24. The number of aromatic nitrogens is 3. The summed E-state index contributed by atoms with van der Waals surface area (Å²) in [5.74, 6) is -1.09. The molecule has 0 spiro atoms. The molecule has 0 fully saturated rings. The fourth-order valence-electron chi connectivity index (χ4n) is 4.09. The van der Waals surface area contributed by atoms with Gasteiger partial charge in [0.15, 0.2) is 11.6 Å². The van der Waals surface area contributed by atoms with Crippen LogP contribution in [-0.2, 0) is 0 Å². The number of nitrogens with two attached hydrogens (primary N) is 2. The molecule has 35 heavy (non-hydrogen) atoms. The van der Waals surface area contributed by atoms with Crippen LogP contribution in [0.4, 0.5) is 5.69 Å². The predicted molar refractivity (Wildman–Crippen MR) is 130 cm³/mol. The average Bonchev–Trinajstić information content (AvgIpc) is 3.50. The SMILES string of the molecule is CCC[C@@H](c1nc(C(N)=O)co1)[C@@H](C)Nc1c(C(N)=O)cnn2cc(-c3ccc(C#N)cc3)cc12. The number of carbonyl (C=O) groups excluding carboxylic acids is 2. The second kappa shape index (κ2) is 9.69. The van der Waals surface area contributed by atoms with Crippen LogP contribution in [0.3, 0.4) is 0 Å². The van der Waals surface area contributed by atoms with Crippen LogP contribution < -0.4 is 16.8 Å². The minimum Gasteiger partial charge on any atom is -0.448 e. The van der Waals surface area contributed by atoms with Crippen LogP contribution in [0.25, 0.3) is 16.6 Å². The van der Waals surface area contributed by atoms with Crippen molar-refractivity contribution in [3.63, 3.8) is 0 Å². The third-order valence-corrected chi connectivity index (χ3v) is 5.92. The van der Waals surface area contributed by atoms with Gasteiger partial charge < -0.3 is 21.2 Å². The van der Waals surface area contributed by atoms with Crippen LogP contribution in [0.5, 0.6) is 0 Å². The summed E-state index contributed by atoms with van der Waals surface area (Å²) >= 11 is 0. The molecular weight excluding hydrogens is 446 g/mol. The van der Waals surface area contributed by atoms with Crippen molar-refractivity contribution in [2.45, 2.75) is 38.6 Å². The molecule has 10 nitrogen and oxygen atoms in total. The van der Waals surface area contributed by atoms with Gasteiger partial charge in [0.2, 0.25) is 0 Å². The number of benzene rings is 1. The maximum atomic E-state index is 12.3. The molecule has 0 unspecified atom stereocenters. The Morgan fingerprint density at radius 1 is 1.20 bits per heavy atom. The van der Waals surface area contributed by atoms with E-state index in [-0.39, 0.29) is 23.2 Å². The van der Waals surface area contributed by atoms with Gasteiger partial charge in [-0.2, -0.15) is 10.4 Å². The van der Waals surface area contributed by atoms with Crippen LogP contribution in [0.15, 0.2) is 53.4 Å². The Balaban J connectivity index is 1.74. The van der Waals surface area contributed by atoms with E-state index in [1.165, 1.54) is 12.5 Å². The van der Waals surface area contributed by atoms with Crippen molar-refractivity contribution >= 4 is 23.0 Å². The standard InChI is InChI=1S/C25H25N7O3/c1-3-4-18(25-31-20(13-35-25)24(28)34)14(2)30-22-19(23(27)33)11-29-32-12-17(9-21(22)32)16-7-5-15(10-26)6-8-16/h5-9,11-14,18,30H,3-4H2,1-2H3,(H2,27,33)(H2,28,34)/t14-,18-/m1/s1. The third-order valence-electron chi connectivity index (χ3n) is 5.92. The van der Waals surface area contributed by atoms with Crippen molar-refractivity contribution < 1.29 is 14.0 Å². The number of hydrogen-bond acceptors (Lipinski definition) is 7. The molecule has 0 bridgehead atoms. The monoisotopic (exact) mass is 471 g/mol. The zero-order chi connectivity index (χ0) is 25.1. The third kappa shape index (κ3) is 4.70. The van der Waals surface area contributed by atoms with Crippen molar-refractivity contribution in [2.24, 2.45) is 11.5 Å². The highest BCUT2D eigenvalue weighted by atomic mass is 16.3. The van der Waals surface area contributed by atoms with Crippen molar-refractivity contribution in [3.8, 4) is 17.2 Å². The summed E-state index contributed by atoms with van der Waals surface area (Å²) in [7, 11) is 0. The number of nitriles is 1. The van der Waals surface area contributed by atoms with E-state index in [0.29, 0.717) is 22.7 Å². The molecule has 0 saturated carbocycles. The Labute approximate surface area is 201 Å². The fourth-order valence-corrected chi connectivity index (χ4v) is 4.09. The van der Waals surface area contributed by atoms with E-state index in [0.717, 1.165) is 24.0 Å². The summed E-state index contributed by atoms with van der Waals surface area (Å²) in [5, 5.41) is 16.8.